The number of benzene rings is 1. The zero-order valence-electron chi connectivity index (χ0n) is 12.4. The van der Waals surface area contributed by atoms with Crippen LogP contribution in [0.4, 0.5) is 15.8 Å². The molecule has 1 heterocycles. The van der Waals surface area contributed by atoms with Gasteiger partial charge in [-0.1, -0.05) is 20.3 Å². The highest BCUT2D eigenvalue weighted by Gasteiger charge is 2.18. The Morgan fingerprint density at radius 2 is 2.15 bits per heavy atom. The fourth-order valence-electron chi connectivity index (χ4n) is 2.41. The molecule has 0 spiro atoms. The molecule has 0 saturated heterocycles. The second-order valence-corrected chi connectivity index (χ2v) is 5.25. The van der Waals surface area contributed by atoms with Gasteiger partial charge in [-0.15, -0.1) is 0 Å². The van der Waals surface area contributed by atoms with Crippen molar-refractivity contribution in [2.75, 3.05) is 23.7 Å². The normalized spacial score (nSPS) is 12.6. The van der Waals surface area contributed by atoms with Gasteiger partial charge < -0.3 is 10.6 Å². The van der Waals surface area contributed by atoms with Crippen molar-refractivity contribution in [1.82, 2.24) is 4.98 Å². The third-order valence-electron chi connectivity index (χ3n) is 3.78. The van der Waals surface area contributed by atoms with Crippen molar-refractivity contribution in [1.29, 1.82) is 0 Å². The predicted molar refractivity (Wildman–Crippen MR) is 83.5 cm³/mol. The lowest BCUT2D eigenvalue weighted by Gasteiger charge is -2.27. The van der Waals surface area contributed by atoms with E-state index in [1.165, 1.54) is 6.07 Å². The lowest BCUT2D eigenvalue weighted by atomic mass is 10.1. The number of nitrogens with two attached hydrogens (primary N) is 1. The third-order valence-corrected chi connectivity index (χ3v) is 3.78. The highest BCUT2D eigenvalue weighted by atomic mass is 19.1. The molecule has 1 unspecified atom stereocenters. The number of fused-ring (bicyclic) bond motifs is 1. The molecule has 1 aromatic heterocycles. The van der Waals surface area contributed by atoms with E-state index < -0.39 is 0 Å². The molecule has 4 heteroatoms. The molecule has 2 rings (SSSR count). The number of pyridine rings is 1. The molecule has 3 nitrogen and oxygen atoms in total. The van der Waals surface area contributed by atoms with Crippen LogP contribution in [-0.4, -0.2) is 18.1 Å². The number of nitrogens with zero attached hydrogens (tertiary/aromatic N) is 2. The van der Waals surface area contributed by atoms with Gasteiger partial charge in [-0.25, -0.2) is 4.39 Å². The van der Waals surface area contributed by atoms with Crippen LogP contribution < -0.4 is 10.6 Å². The maximum atomic E-state index is 14.4. The first-order valence-electron chi connectivity index (χ1n) is 7.16. The largest absolute Gasteiger partial charge is 0.398 e. The first-order valence-corrected chi connectivity index (χ1v) is 7.16. The topological polar surface area (TPSA) is 42.1 Å². The Morgan fingerprint density at radius 1 is 1.40 bits per heavy atom. The Bertz CT molecular complexity index is 598. The predicted octanol–water partition coefficient (Wildman–Crippen LogP) is 3.83. The summed E-state index contributed by atoms with van der Waals surface area (Å²) in [6.45, 7) is 7.92. The Morgan fingerprint density at radius 3 is 2.80 bits per heavy atom. The molecular weight excluding hydrogens is 253 g/mol. The van der Waals surface area contributed by atoms with Crippen molar-refractivity contribution >= 4 is 22.3 Å². The molecule has 2 N–H and O–H groups in total. The van der Waals surface area contributed by atoms with Crippen LogP contribution in [0.1, 0.15) is 27.2 Å². The molecule has 0 aliphatic carbocycles. The summed E-state index contributed by atoms with van der Waals surface area (Å²) in [5.41, 5.74) is 7.55. The average molecular weight is 275 g/mol. The summed E-state index contributed by atoms with van der Waals surface area (Å²) in [4.78, 5) is 6.40. The van der Waals surface area contributed by atoms with E-state index in [1.807, 2.05) is 19.1 Å². The molecule has 0 radical (unpaired) electrons. The number of nitrogen functional groups attached to an aromatic ring is 1. The van der Waals surface area contributed by atoms with Gasteiger partial charge in [0.25, 0.3) is 0 Å². The summed E-state index contributed by atoms with van der Waals surface area (Å²) in [6.07, 6.45) is 2.75. The van der Waals surface area contributed by atoms with E-state index in [-0.39, 0.29) is 5.82 Å². The molecule has 0 bridgehead atoms. The van der Waals surface area contributed by atoms with Gasteiger partial charge in [0, 0.05) is 30.4 Å². The molecule has 0 saturated carbocycles. The number of halogens is 1. The smallest absolute Gasteiger partial charge is 0.150 e. The second kappa shape index (κ2) is 6.07. The monoisotopic (exact) mass is 275 g/mol. The minimum Gasteiger partial charge on any atom is -0.398 e. The van der Waals surface area contributed by atoms with Crippen LogP contribution in [0.3, 0.4) is 0 Å². The number of hydrogen-bond acceptors (Lipinski definition) is 3. The zero-order valence-corrected chi connectivity index (χ0v) is 12.4. The highest BCUT2D eigenvalue weighted by Crippen LogP contribution is 2.32. The van der Waals surface area contributed by atoms with Crippen molar-refractivity contribution in [3.05, 3.63) is 30.2 Å². The minimum absolute atomic E-state index is 0.293. The Balaban J connectivity index is 2.57. The van der Waals surface area contributed by atoms with E-state index in [1.54, 1.807) is 6.20 Å². The van der Waals surface area contributed by atoms with Gasteiger partial charge in [0.05, 0.1) is 11.2 Å². The zero-order chi connectivity index (χ0) is 14.7. The molecule has 1 atom stereocenters. The molecule has 0 aliphatic rings. The van der Waals surface area contributed by atoms with Crippen LogP contribution in [-0.2, 0) is 0 Å². The molecule has 0 aliphatic heterocycles. The van der Waals surface area contributed by atoms with Crippen molar-refractivity contribution in [2.45, 2.75) is 27.2 Å². The lowest BCUT2D eigenvalue weighted by Crippen LogP contribution is -2.29. The van der Waals surface area contributed by atoms with Gasteiger partial charge in [0.2, 0.25) is 0 Å². The number of rotatable bonds is 5. The van der Waals surface area contributed by atoms with E-state index in [0.29, 0.717) is 22.8 Å². The van der Waals surface area contributed by atoms with Gasteiger partial charge in [0.1, 0.15) is 0 Å². The molecule has 20 heavy (non-hydrogen) atoms. The Kier molecular flexibility index (Phi) is 4.42. The van der Waals surface area contributed by atoms with E-state index in [4.69, 9.17) is 5.73 Å². The third kappa shape index (κ3) is 2.69. The highest BCUT2D eigenvalue weighted by molar-refractivity contribution is 5.98. The molecule has 108 valence electrons. The van der Waals surface area contributed by atoms with Gasteiger partial charge in [-0.05, 0) is 31.0 Å². The first-order chi connectivity index (χ1) is 9.58. The summed E-state index contributed by atoms with van der Waals surface area (Å²) in [5.74, 6) is 0.213. The van der Waals surface area contributed by atoms with E-state index in [2.05, 4.69) is 23.7 Å². The fraction of sp³-hybridized carbons (Fsp3) is 0.438. The molecule has 1 aromatic carbocycles. The standard InChI is InChI=1S/C16H22FN3/c1-4-11(3)10-20(5-2)16-13(17)9-14(18)12-7-6-8-19-15(12)16/h6-9,11H,4-5,10,18H2,1-3H3. The van der Waals surface area contributed by atoms with E-state index in [0.717, 1.165) is 24.9 Å². The van der Waals surface area contributed by atoms with Gasteiger partial charge >= 0.3 is 0 Å². The summed E-state index contributed by atoms with van der Waals surface area (Å²) in [5, 5.41) is 0.812. The summed E-state index contributed by atoms with van der Waals surface area (Å²) < 4.78 is 14.4. The maximum absolute atomic E-state index is 14.4. The molecule has 2 aromatic rings. The molecular formula is C16H22FN3. The van der Waals surface area contributed by atoms with Crippen LogP contribution in [0.5, 0.6) is 0 Å². The van der Waals surface area contributed by atoms with Crippen molar-refractivity contribution in [3.8, 4) is 0 Å². The van der Waals surface area contributed by atoms with Crippen LogP contribution in [0.2, 0.25) is 0 Å². The van der Waals surface area contributed by atoms with E-state index >= 15 is 0 Å². The minimum atomic E-state index is -0.293. The van der Waals surface area contributed by atoms with Crippen LogP contribution in [0, 0.1) is 11.7 Å². The second-order valence-electron chi connectivity index (χ2n) is 5.25. The van der Waals surface area contributed by atoms with E-state index in [9.17, 15) is 4.39 Å². The lowest BCUT2D eigenvalue weighted by molar-refractivity contribution is 0.539. The number of aromatic nitrogens is 1. The fourth-order valence-corrected chi connectivity index (χ4v) is 2.41. The number of anilines is 2. The van der Waals surface area contributed by atoms with Gasteiger partial charge in [-0.3, -0.25) is 4.98 Å². The summed E-state index contributed by atoms with van der Waals surface area (Å²) >= 11 is 0. The Hall–Kier alpha value is -1.84. The first kappa shape index (κ1) is 14.6. The quantitative estimate of drug-likeness (QED) is 0.843. The van der Waals surface area contributed by atoms with Crippen LogP contribution >= 0.6 is 0 Å². The van der Waals surface area contributed by atoms with Crippen LogP contribution in [0.15, 0.2) is 24.4 Å². The number of hydrogen-bond donors (Lipinski definition) is 1. The molecule has 0 amide bonds. The summed E-state index contributed by atoms with van der Waals surface area (Å²) in [7, 11) is 0. The summed E-state index contributed by atoms with van der Waals surface area (Å²) in [6, 6.07) is 5.11. The Labute approximate surface area is 119 Å². The maximum Gasteiger partial charge on any atom is 0.150 e. The van der Waals surface area contributed by atoms with Crippen molar-refractivity contribution in [2.24, 2.45) is 5.92 Å². The van der Waals surface area contributed by atoms with Crippen molar-refractivity contribution in [3.63, 3.8) is 0 Å². The van der Waals surface area contributed by atoms with Gasteiger partial charge in [0.15, 0.2) is 5.82 Å². The van der Waals surface area contributed by atoms with Crippen molar-refractivity contribution < 1.29 is 4.39 Å². The average Bonchev–Trinajstić information content (AvgIpc) is 2.45. The SMILES string of the molecule is CCC(C)CN(CC)c1c(F)cc(N)c2cccnc12. The molecule has 0 fully saturated rings. The van der Waals surface area contributed by atoms with Gasteiger partial charge in [-0.2, -0.15) is 0 Å². The van der Waals surface area contributed by atoms with Crippen LogP contribution in [0.25, 0.3) is 10.9 Å².